The first-order valence-electron chi connectivity index (χ1n) is 9.28. The summed E-state index contributed by atoms with van der Waals surface area (Å²) in [6.07, 6.45) is 0.318. The number of quaternary nitrogens is 1. The van der Waals surface area contributed by atoms with Crippen LogP contribution in [0.2, 0.25) is 0 Å². The zero-order chi connectivity index (χ0) is 19.5. The monoisotopic (exact) mass is 392 g/mol. The molecule has 6 heteroatoms. The second kappa shape index (κ2) is 8.09. The molecule has 0 saturated carbocycles. The first-order valence-corrected chi connectivity index (χ1v) is 10.3. The first kappa shape index (κ1) is 18.6. The molecule has 2 atom stereocenters. The standard InChI is InChI=1S/C22H21N3O2S/c1-27-18-9-5-8-17(10-18)19-11-21(26)25-14-24(13-16-6-3-2-4-7-16)15-28-22(25)20(19)12-23/h2-10,19H,11,13-15H2,1H3/p+1/t19-/m0/s1. The van der Waals surface area contributed by atoms with E-state index in [0.717, 1.165) is 28.8 Å². The fourth-order valence-corrected chi connectivity index (χ4v) is 5.01. The first-order chi connectivity index (χ1) is 13.7. The average molecular weight is 393 g/mol. The highest BCUT2D eigenvalue weighted by atomic mass is 32.2. The molecule has 4 rings (SSSR count). The van der Waals surface area contributed by atoms with Crippen molar-refractivity contribution in [1.82, 2.24) is 4.90 Å². The van der Waals surface area contributed by atoms with Crippen molar-refractivity contribution >= 4 is 17.7 Å². The smallest absolute Gasteiger partial charge is 0.232 e. The molecule has 0 radical (unpaired) electrons. The van der Waals surface area contributed by atoms with E-state index in [9.17, 15) is 10.1 Å². The number of fused-ring (bicyclic) bond motifs is 1. The third-order valence-corrected chi connectivity index (χ3v) is 6.48. The summed E-state index contributed by atoms with van der Waals surface area (Å²) in [7, 11) is 1.62. The Morgan fingerprint density at radius 1 is 1.25 bits per heavy atom. The number of nitriles is 1. The van der Waals surface area contributed by atoms with E-state index in [-0.39, 0.29) is 11.8 Å². The Morgan fingerprint density at radius 3 is 2.82 bits per heavy atom. The number of carbonyl (C=O) groups is 1. The van der Waals surface area contributed by atoms with E-state index in [2.05, 4.69) is 18.2 Å². The lowest BCUT2D eigenvalue weighted by Gasteiger charge is -2.39. The lowest BCUT2D eigenvalue weighted by Crippen LogP contribution is -3.12. The van der Waals surface area contributed by atoms with Gasteiger partial charge >= 0.3 is 0 Å². The van der Waals surface area contributed by atoms with Crippen LogP contribution in [0.3, 0.4) is 0 Å². The molecular weight excluding hydrogens is 370 g/mol. The van der Waals surface area contributed by atoms with Gasteiger partial charge in [0.05, 0.1) is 18.8 Å². The number of allylic oxidation sites excluding steroid dienone is 1. The van der Waals surface area contributed by atoms with Gasteiger partial charge in [-0.1, -0.05) is 42.5 Å². The molecule has 2 aromatic carbocycles. The fourth-order valence-electron chi connectivity index (χ4n) is 3.81. The zero-order valence-electron chi connectivity index (χ0n) is 15.7. The Labute approximate surface area is 169 Å². The van der Waals surface area contributed by atoms with Gasteiger partial charge in [-0.25, -0.2) is 0 Å². The van der Waals surface area contributed by atoms with Gasteiger partial charge in [0, 0.05) is 17.9 Å². The Morgan fingerprint density at radius 2 is 2.07 bits per heavy atom. The molecule has 1 fully saturated rings. The molecular formula is C22H22N3O2S+. The molecule has 0 spiro atoms. The van der Waals surface area contributed by atoms with Gasteiger partial charge in [-0.05, 0) is 29.5 Å². The van der Waals surface area contributed by atoms with Crippen molar-refractivity contribution in [2.75, 3.05) is 19.7 Å². The SMILES string of the molecule is COc1cccc([C@@H]2CC(=O)N3C[NH+](Cc4ccccc4)CSC3=C2C#N)c1. The van der Waals surface area contributed by atoms with E-state index in [4.69, 9.17) is 4.74 Å². The normalized spacial score (nSPS) is 21.9. The quantitative estimate of drug-likeness (QED) is 0.869. The van der Waals surface area contributed by atoms with Crippen molar-refractivity contribution in [3.63, 3.8) is 0 Å². The van der Waals surface area contributed by atoms with Crippen LogP contribution in [0.4, 0.5) is 0 Å². The maximum Gasteiger partial charge on any atom is 0.232 e. The molecule has 0 aliphatic carbocycles. The summed E-state index contributed by atoms with van der Waals surface area (Å²) in [5.41, 5.74) is 2.90. The van der Waals surface area contributed by atoms with Gasteiger partial charge < -0.3 is 9.64 Å². The van der Waals surface area contributed by atoms with Gasteiger partial charge in [-0.3, -0.25) is 9.69 Å². The van der Waals surface area contributed by atoms with E-state index >= 15 is 0 Å². The summed E-state index contributed by atoms with van der Waals surface area (Å²) in [5, 5.41) is 10.7. The van der Waals surface area contributed by atoms with E-state index in [0.29, 0.717) is 18.7 Å². The van der Waals surface area contributed by atoms with Crippen molar-refractivity contribution in [3.8, 4) is 11.8 Å². The number of hydrogen-bond acceptors (Lipinski definition) is 4. The van der Waals surface area contributed by atoms with Gasteiger partial charge in [0.15, 0.2) is 6.67 Å². The Hall–Kier alpha value is -2.75. The van der Waals surface area contributed by atoms with Crippen LogP contribution in [0.5, 0.6) is 5.75 Å². The van der Waals surface area contributed by atoms with Crippen LogP contribution < -0.4 is 9.64 Å². The number of methoxy groups -OCH3 is 1. The zero-order valence-corrected chi connectivity index (χ0v) is 16.5. The molecule has 1 unspecified atom stereocenters. The van der Waals surface area contributed by atoms with Crippen LogP contribution in [0, 0.1) is 11.3 Å². The molecule has 0 bridgehead atoms. The number of hydrogen-bond donors (Lipinski definition) is 1. The average Bonchev–Trinajstić information content (AvgIpc) is 2.74. The summed E-state index contributed by atoms with van der Waals surface area (Å²) in [4.78, 5) is 16.1. The van der Waals surface area contributed by atoms with E-state index in [1.165, 1.54) is 10.5 Å². The van der Waals surface area contributed by atoms with Crippen LogP contribution >= 0.6 is 11.8 Å². The van der Waals surface area contributed by atoms with Crippen LogP contribution in [0.15, 0.2) is 65.2 Å². The minimum Gasteiger partial charge on any atom is -0.497 e. The van der Waals surface area contributed by atoms with Gasteiger partial charge in [0.2, 0.25) is 5.91 Å². The van der Waals surface area contributed by atoms with Crippen molar-refractivity contribution in [3.05, 3.63) is 76.3 Å². The minimum atomic E-state index is -0.206. The molecule has 142 valence electrons. The maximum absolute atomic E-state index is 13.0. The Bertz CT molecular complexity index is 952. The van der Waals surface area contributed by atoms with Crippen molar-refractivity contribution in [1.29, 1.82) is 5.26 Å². The van der Waals surface area contributed by atoms with E-state index in [1.54, 1.807) is 18.9 Å². The lowest BCUT2D eigenvalue weighted by molar-refractivity contribution is -0.910. The van der Waals surface area contributed by atoms with Gasteiger partial charge in [-0.2, -0.15) is 5.26 Å². The second-order valence-corrected chi connectivity index (χ2v) is 8.01. The number of benzene rings is 2. The topological polar surface area (TPSA) is 57.8 Å². The molecule has 1 saturated heterocycles. The molecule has 2 heterocycles. The molecule has 2 aromatic rings. The summed E-state index contributed by atoms with van der Waals surface area (Å²) in [6, 6.07) is 20.4. The van der Waals surface area contributed by atoms with Crippen LogP contribution in [-0.4, -0.2) is 30.5 Å². The maximum atomic E-state index is 13.0. The Balaban J connectivity index is 1.60. The van der Waals surface area contributed by atoms with Crippen molar-refractivity contribution < 1.29 is 14.4 Å². The minimum absolute atomic E-state index is 0.0829. The highest BCUT2D eigenvalue weighted by molar-refractivity contribution is 8.02. The molecule has 0 aromatic heterocycles. The van der Waals surface area contributed by atoms with Crippen LogP contribution in [0.25, 0.3) is 0 Å². The summed E-state index contributed by atoms with van der Waals surface area (Å²) >= 11 is 1.61. The summed E-state index contributed by atoms with van der Waals surface area (Å²) < 4.78 is 5.32. The highest BCUT2D eigenvalue weighted by Gasteiger charge is 2.39. The van der Waals surface area contributed by atoms with Gasteiger partial charge in [-0.15, -0.1) is 0 Å². The Kier molecular flexibility index (Phi) is 5.38. The van der Waals surface area contributed by atoms with E-state index in [1.807, 2.05) is 47.4 Å². The summed E-state index contributed by atoms with van der Waals surface area (Å²) in [6.45, 7) is 1.47. The molecule has 1 N–H and O–H groups in total. The van der Waals surface area contributed by atoms with Crippen LogP contribution in [-0.2, 0) is 11.3 Å². The van der Waals surface area contributed by atoms with Gasteiger partial charge in [0.1, 0.15) is 23.2 Å². The van der Waals surface area contributed by atoms with Crippen LogP contribution in [0.1, 0.15) is 23.5 Å². The predicted octanol–water partition coefficient (Wildman–Crippen LogP) is 2.49. The number of thioether (sulfide) groups is 1. The summed E-state index contributed by atoms with van der Waals surface area (Å²) in [5.74, 6) is 1.45. The number of nitrogens with zero attached hydrogens (tertiary/aromatic N) is 2. The second-order valence-electron chi connectivity index (χ2n) is 7.04. The van der Waals surface area contributed by atoms with Crippen molar-refractivity contribution in [2.24, 2.45) is 0 Å². The molecule has 1 amide bonds. The number of ether oxygens (including phenoxy) is 1. The highest BCUT2D eigenvalue weighted by Crippen LogP contribution is 2.41. The lowest BCUT2D eigenvalue weighted by atomic mass is 9.86. The van der Waals surface area contributed by atoms with Crippen molar-refractivity contribution in [2.45, 2.75) is 18.9 Å². The number of carbonyl (C=O) groups excluding carboxylic acids is 1. The molecule has 5 nitrogen and oxygen atoms in total. The van der Waals surface area contributed by atoms with Gasteiger partial charge in [0.25, 0.3) is 0 Å². The number of rotatable bonds is 4. The predicted molar refractivity (Wildman–Crippen MR) is 108 cm³/mol. The van der Waals surface area contributed by atoms with E-state index < -0.39 is 0 Å². The number of amides is 1. The molecule has 28 heavy (non-hydrogen) atoms. The largest absolute Gasteiger partial charge is 0.497 e. The number of nitrogens with one attached hydrogen (secondary N) is 1. The third-order valence-electron chi connectivity index (χ3n) is 5.21. The molecule has 2 aliphatic rings. The third kappa shape index (κ3) is 3.64. The molecule has 2 aliphatic heterocycles. The fraction of sp³-hybridized carbons (Fsp3) is 0.273.